The smallest absolute Gasteiger partial charge is 0.129 e. The summed E-state index contributed by atoms with van der Waals surface area (Å²) in [5.74, 6) is 1.73. The lowest BCUT2D eigenvalue weighted by Gasteiger charge is -2.39. The Kier molecular flexibility index (Phi) is 10.4. The van der Waals surface area contributed by atoms with Crippen LogP contribution in [0.2, 0.25) is 0 Å². The molecule has 214 valence electrons. The van der Waals surface area contributed by atoms with Gasteiger partial charge in [0.05, 0.1) is 22.4 Å². The molecule has 0 unspecified atom stereocenters. The van der Waals surface area contributed by atoms with Crippen molar-refractivity contribution in [3.05, 3.63) is 145 Å². The summed E-state index contributed by atoms with van der Waals surface area (Å²) in [5.41, 5.74) is 1.14. The molecule has 0 aliphatic heterocycles. The molecule has 0 aromatic heterocycles. The molecule has 0 fully saturated rings. The topological polar surface area (TPSA) is 30.9 Å². The molecule has 0 N–H and O–H groups in total. The minimum absolute atomic E-state index is 0.00653. The molecule has 5 aromatic rings. The molecule has 6 heteroatoms. The summed E-state index contributed by atoms with van der Waals surface area (Å²) in [6.45, 7) is 2.27. The van der Waals surface area contributed by atoms with Crippen molar-refractivity contribution in [3.63, 3.8) is 0 Å². The van der Waals surface area contributed by atoms with Crippen molar-refractivity contribution >= 4 is 37.4 Å². The van der Waals surface area contributed by atoms with E-state index in [-0.39, 0.29) is 12.1 Å². The first kappa shape index (κ1) is 30.0. The molecule has 5 rings (SSSR count). The summed E-state index contributed by atoms with van der Waals surface area (Å²) in [6, 6.07) is 48.4. The van der Waals surface area contributed by atoms with Crippen LogP contribution in [0.1, 0.15) is 18.6 Å². The van der Waals surface area contributed by atoms with E-state index in [9.17, 15) is 0 Å². The number of ether oxygens (including phenoxy) is 2. The highest BCUT2D eigenvalue weighted by Gasteiger charge is 2.34. The third kappa shape index (κ3) is 6.75. The minimum atomic E-state index is -1.20. The van der Waals surface area contributed by atoms with Crippen molar-refractivity contribution in [1.82, 2.24) is 4.67 Å². The number of para-hydroxylation sites is 2. The Morgan fingerprint density at radius 2 is 1.00 bits per heavy atom. The van der Waals surface area contributed by atoms with Gasteiger partial charge in [0, 0.05) is 30.0 Å². The van der Waals surface area contributed by atoms with Crippen molar-refractivity contribution in [2.24, 2.45) is 0 Å². The number of nitrogens with zero attached hydrogens (tertiary/aromatic N) is 1. The number of hydrogen-bond acceptors (Lipinski definition) is 4. The fourth-order valence-corrected chi connectivity index (χ4v) is 9.64. The van der Waals surface area contributed by atoms with Crippen molar-refractivity contribution in [2.75, 3.05) is 21.3 Å². The second-order valence-corrected chi connectivity index (χ2v) is 13.9. The van der Waals surface area contributed by atoms with E-state index in [1.807, 2.05) is 30.3 Å². The molecule has 0 aliphatic rings. The molecule has 42 heavy (non-hydrogen) atoms. The Hall–Kier alpha value is -3.52. The molecule has 0 saturated carbocycles. The maximum Gasteiger partial charge on any atom is 0.129 e. The maximum absolute atomic E-state index is 7.33. The van der Waals surface area contributed by atoms with Crippen LogP contribution in [0.25, 0.3) is 0 Å². The molecular formula is C36H37NO3P2. The maximum atomic E-state index is 7.33. The number of hydrogen-bond donors (Lipinski definition) is 0. The van der Waals surface area contributed by atoms with E-state index >= 15 is 0 Å². The van der Waals surface area contributed by atoms with Gasteiger partial charge in [0.15, 0.2) is 0 Å². The van der Waals surface area contributed by atoms with Crippen molar-refractivity contribution in [3.8, 4) is 11.5 Å². The number of rotatable bonds is 12. The van der Waals surface area contributed by atoms with Gasteiger partial charge >= 0.3 is 0 Å². The molecule has 0 spiro atoms. The molecule has 0 aliphatic carbocycles. The van der Waals surface area contributed by atoms with Gasteiger partial charge in [-0.05, 0) is 49.1 Å². The van der Waals surface area contributed by atoms with E-state index in [0.717, 1.165) is 27.7 Å². The van der Waals surface area contributed by atoms with Crippen molar-refractivity contribution in [1.29, 1.82) is 0 Å². The zero-order valence-corrected chi connectivity index (χ0v) is 26.3. The van der Waals surface area contributed by atoms with Crippen molar-refractivity contribution < 1.29 is 14.0 Å². The molecule has 4 atom stereocenters. The highest BCUT2D eigenvalue weighted by Crippen LogP contribution is 2.49. The van der Waals surface area contributed by atoms with E-state index in [4.69, 9.17) is 14.0 Å². The van der Waals surface area contributed by atoms with Gasteiger partial charge in [-0.3, -0.25) is 4.67 Å². The minimum Gasteiger partial charge on any atom is -0.496 e. The predicted molar refractivity (Wildman–Crippen MR) is 179 cm³/mol. The third-order valence-electron chi connectivity index (χ3n) is 7.30. The van der Waals surface area contributed by atoms with Crippen LogP contribution in [-0.4, -0.2) is 32.0 Å². The quantitative estimate of drug-likeness (QED) is 0.144. The number of methoxy groups -OCH3 is 2. The molecule has 4 nitrogen and oxygen atoms in total. The first-order valence-electron chi connectivity index (χ1n) is 14.0. The molecule has 0 bridgehead atoms. The second kappa shape index (κ2) is 14.6. The average molecular weight is 594 g/mol. The summed E-state index contributed by atoms with van der Waals surface area (Å²) >= 11 is 0. The van der Waals surface area contributed by atoms with Gasteiger partial charge in [-0.1, -0.05) is 115 Å². The summed E-state index contributed by atoms with van der Waals surface area (Å²) in [5, 5.41) is 4.64. The van der Waals surface area contributed by atoms with Crippen LogP contribution < -0.4 is 30.7 Å². The average Bonchev–Trinajstić information content (AvgIpc) is 3.06. The summed E-state index contributed by atoms with van der Waals surface area (Å²) < 4.78 is 21.5. The molecule has 0 amide bonds. The van der Waals surface area contributed by atoms with Gasteiger partial charge in [0.2, 0.25) is 0 Å². The zero-order chi connectivity index (χ0) is 29.3. The lowest BCUT2D eigenvalue weighted by Crippen LogP contribution is -2.37. The van der Waals surface area contributed by atoms with Gasteiger partial charge in [-0.2, -0.15) is 0 Å². The highest BCUT2D eigenvalue weighted by molar-refractivity contribution is 7.71. The van der Waals surface area contributed by atoms with E-state index in [1.54, 1.807) is 14.2 Å². The third-order valence-corrected chi connectivity index (χ3v) is 11.9. The lowest BCUT2D eigenvalue weighted by atomic mass is 10.0. The van der Waals surface area contributed by atoms with Crippen LogP contribution >= 0.6 is 16.2 Å². The van der Waals surface area contributed by atoms with Crippen LogP contribution in [0.15, 0.2) is 140 Å². The van der Waals surface area contributed by atoms with Crippen molar-refractivity contribution in [2.45, 2.75) is 19.1 Å². The van der Waals surface area contributed by atoms with Gasteiger partial charge in [0.25, 0.3) is 0 Å². The van der Waals surface area contributed by atoms with Crippen LogP contribution in [0.4, 0.5) is 0 Å². The van der Waals surface area contributed by atoms with Crippen LogP contribution in [-0.2, 0) is 4.52 Å². The first-order chi connectivity index (χ1) is 20.6. The van der Waals surface area contributed by atoms with Gasteiger partial charge in [-0.15, -0.1) is 0 Å². The molecule has 0 radical (unpaired) electrons. The predicted octanol–water partition coefficient (Wildman–Crippen LogP) is 7.18. The molecule has 5 aromatic carbocycles. The molecule has 0 heterocycles. The van der Waals surface area contributed by atoms with Gasteiger partial charge in [0.1, 0.15) is 17.6 Å². The Labute approximate surface area is 252 Å². The number of likely N-dealkylation sites (N-methyl/N-ethyl adjacent to an activating group) is 1. The standard InChI is InChI=1S/C36H37NO3P2/c1-28(37(2)41(30-20-10-6-11-21-30)34-26-16-14-24-32(34)38-3)36(29-18-8-5-9-19-29)40-42(31-22-12-7-13-23-31)35-27-17-15-25-33(35)39-4/h5-28,36H,1-4H3/t28-,36-,41+,42+/m1/s1. The highest BCUT2D eigenvalue weighted by atomic mass is 31.1. The molecule has 0 saturated heterocycles. The van der Waals surface area contributed by atoms with E-state index in [2.05, 4.69) is 128 Å². The Balaban J connectivity index is 1.61. The van der Waals surface area contributed by atoms with Crippen LogP contribution in [0.5, 0.6) is 11.5 Å². The second-order valence-electron chi connectivity index (χ2n) is 9.87. The van der Waals surface area contributed by atoms with Crippen LogP contribution in [0, 0.1) is 0 Å². The Morgan fingerprint density at radius 3 is 1.57 bits per heavy atom. The summed E-state index contributed by atoms with van der Waals surface area (Å²) in [7, 11) is 3.55. The van der Waals surface area contributed by atoms with E-state index in [0.29, 0.717) is 0 Å². The van der Waals surface area contributed by atoms with E-state index < -0.39 is 16.2 Å². The Bertz CT molecular complexity index is 1540. The zero-order valence-electron chi connectivity index (χ0n) is 24.5. The normalized spacial score (nSPS) is 14.1. The fraction of sp³-hybridized carbons (Fsp3) is 0.167. The Morgan fingerprint density at radius 1 is 0.548 bits per heavy atom. The lowest BCUT2D eigenvalue weighted by molar-refractivity contribution is 0.154. The number of benzene rings is 5. The largest absolute Gasteiger partial charge is 0.496 e. The summed E-state index contributed by atoms with van der Waals surface area (Å²) in [6.07, 6.45) is -0.226. The first-order valence-corrected chi connectivity index (χ1v) is 16.6. The summed E-state index contributed by atoms with van der Waals surface area (Å²) in [4.78, 5) is 0. The molecular weight excluding hydrogens is 556 g/mol. The fourth-order valence-electron chi connectivity index (χ4n) is 5.04. The van der Waals surface area contributed by atoms with Gasteiger partial charge in [-0.25, -0.2) is 0 Å². The van der Waals surface area contributed by atoms with E-state index in [1.165, 1.54) is 10.6 Å². The van der Waals surface area contributed by atoms with Crippen LogP contribution in [0.3, 0.4) is 0 Å². The van der Waals surface area contributed by atoms with Gasteiger partial charge < -0.3 is 14.0 Å². The monoisotopic (exact) mass is 593 g/mol. The SMILES string of the molecule is COc1ccccc1[P@@](O[C@@H](c1ccccc1)[C@@H](C)N(C)[P@@](c1ccccc1)c1ccccc1OC)c1ccccc1.